The molecule has 6 nitrogen and oxygen atoms in total. The summed E-state index contributed by atoms with van der Waals surface area (Å²) in [5.41, 5.74) is 6.94. The van der Waals surface area contributed by atoms with E-state index < -0.39 is 10.0 Å². The van der Waals surface area contributed by atoms with Crippen LogP contribution in [0.2, 0.25) is 0 Å². The lowest BCUT2D eigenvalue weighted by Crippen LogP contribution is -2.39. The second-order valence-corrected chi connectivity index (χ2v) is 8.79. The van der Waals surface area contributed by atoms with E-state index in [9.17, 15) is 8.42 Å². The summed E-state index contributed by atoms with van der Waals surface area (Å²) in [4.78, 5) is 4.69. The van der Waals surface area contributed by atoms with Gasteiger partial charge in [-0.05, 0) is 43.4 Å². The summed E-state index contributed by atoms with van der Waals surface area (Å²) in [6, 6.07) is 7.39. The Morgan fingerprint density at radius 3 is 2.24 bits per heavy atom. The topological polar surface area (TPSA) is 96.6 Å². The van der Waals surface area contributed by atoms with Gasteiger partial charge in [0.2, 0.25) is 10.0 Å². The summed E-state index contributed by atoms with van der Waals surface area (Å²) in [6.45, 7) is 0.446. The van der Waals surface area contributed by atoms with Gasteiger partial charge in [0.05, 0.1) is 11.4 Å². The first-order valence-corrected chi connectivity index (χ1v) is 10.7. The van der Waals surface area contributed by atoms with Crippen molar-refractivity contribution < 1.29 is 8.42 Å². The van der Waals surface area contributed by atoms with Crippen LogP contribution in [-0.4, -0.2) is 26.5 Å². The van der Waals surface area contributed by atoms with Gasteiger partial charge in [-0.3, -0.25) is 0 Å². The molecule has 4 N–H and O–H groups in total. The van der Waals surface area contributed by atoms with E-state index in [1.807, 2.05) is 0 Å². The molecule has 7 heteroatoms. The predicted octanol–water partition coefficient (Wildman–Crippen LogP) is 2.25. The average Bonchev–Trinajstić information content (AvgIpc) is 3.41. The Labute approximate surface area is 150 Å². The van der Waals surface area contributed by atoms with E-state index in [-0.39, 0.29) is 6.04 Å². The van der Waals surface area contributed by atoms with Crippen molar-refractivity contribution in [1.82, 2.24) is 10.0 Å². The minimum atomic E-state index is -3.39. The second-order valence-electron chi connectivity index (χ2n) is 7.07. The van der Waals surface area contributed by atoms with Gasteiger partial charge in [-0.2, -0.15) is 0 Å². The van der Waals surface area contributed by atoms with Gasteiger partial charge >= 0.3 is 0 Å². The van der Waals surface area contributed by atoms with Crippen LogP contribution >= 0.6 is 0 Å². The molecule has 2 fully saturated rings. The third-order valence-electron chi connectivity index (χ3n) is 4.77. The van der Waals surface area contributed by atoms with Crippen LogP contribution in [0.3, 0.4) is 0 Å². The molecule has 2 aliphatic rings. The van der Waals surface area contributed by atoms with Crippen LogP contribution in [0, 0.1) is 0 Å². The molecule has 0 radical (unpaired) electrons. The molecule has 25 heavy (non-hydrogen) atoms. The molecule has 1 aromatic rings. The number of nitrogens with two attached hydrogens (primary N) is 1. The number of hydrogen-bond acceptors (Lipinski definition) is 3. The van der Waals surface area contributed by atoms with Crippen molar-refractivity contribution in [3.05, 3.63) is 29.8 Å². The van der Waals surface area contributed by atoms with Gasteiger partial charge in [-0.25, -0.2) is 18.1 Å². The Hall–Kier alpha value is -1.60. The van der Waals surface area contributed by atoms with Crippen LogP contribution < -0.4 is 15.8 Å². The van der Waals surface area contributed by atoms with E-state index >= 15 is 0 Å². The first-order valence-electron chi connectivity index (χ1n) is 9.21. The Balaban J connectivity index is 1.53. The highest BCUT2D eigenvalue weighted by atomic mass is 32.2. The van der Waals surface area contributed by atoms with Crippen molar-refractivity contribution in [3.8, 4) is 0 Å². The summed E-state index contributed by atoms with van der Waals surface area (Å²) in [7, 11) is -3.39. The van der Waals surface area contributed by atoms with Gasteiger partial charge < -0.3 is 11.1 Å². The highest BCUT2D eigenvalue weighted by molar-refractivity contribution is 7.89. The molecule has 138 valence electrons. The van der Waals surface area contributed by atoms with Crippen molar-refractivity contribution in [1.29, 1.82) is 0 Å². The molecule has 0 heterocycles. The van der Waals surface area contributed by atoms with E-state index in [4.69, 9.17) is 5.73 Å². The fraction of sp³-hybridized carbons (Fsp3) is 0.611. The van der Waals surface area contributed by atoms with E-state index in [0.717, 1.165) is 31.2 Å². The fourth-order valence-corrected chi connectivity index (χ4v) is 4.42. The summed E-state index contributed by atoms with van der Waals surface area (Å²) >= 11 is 0. The zero-order valence-corrected chi connectivity index (χ0v) is 15.4. The number of guanidine groups is 1. The van der Waals surface area contributed by atoms with Crippen LogP contribution in [-0.2, 0) is 16.6 Å². The summed E-state index contributed by atoms with van der Waals surface area (Å²) < 4.78 is 27.0. The monoisotopic (exact) mass is 364 g/mol. The lowest BCUT2D eigenvalue weighted by Gasteiger charge is -2.16. The number of nitrogens with zero attached hydrogens (tertiary/aromatic N) is 1. The van der Waals surface area contributed by atoms with Gasteiger partial charge in [0, 0.05) is 12.1 Å². The van der Waals surface area contributed by atoms with E-state index in [1.54, 1.807) is 24.3 Å². The lowest BCUT2D eigenvalue weighted by molar-refractivity contribution is 0.530. The number of benzene rings is 1. The normalized spacial score (nSPS) is 20.2. The summed E-state index contributed by atoms with van der Waals surface area (Å²) in [5.74, 6) is 0.471. The Kier molecular flexibility index (Phi) is 5.96. The Bertz CT molecular complexity index is 688. The zero-order valence-electron chi connectivity index (χ0n) is 14.6. The maximum absolute atomic E-state index is 12.1. The molecule has 0 aromatic heterocycles. The average molecular weight is 365 g/mol. The minimum Gasteiger partial charge on any atom is -0.370 e. The summed E-state index contributed by atoms with van der Waals surface area (Å²) in [5, 5.41) is 3.32. The molecule has 0 amide bonds. The van der Waals surface area contributed by atoms with Gasteiger partial charge in [0.1, 0.15) is 0 Å². The first-order chi connectivity index (χ1) is 12.0. The minimum absolute atomic E-state index is 0.115. The summed E-state index contributed by atoms with van der Waals surface area (Å²) in [6.07, 6.45) is 9.26. The van der Waals surface area contributed by atoms with Crippen molar-refractivity contribution in [2.45, 2.75) is 74.9 Å². The zero-order chi connectivity index (χ0) is 17.7. The molecule has 0 spiro atoms. The predicted molar refractivity (Wildman–Crippen MR) is 99.7 cm³/mol. The van der Waals surface area contributed by atoms with Crippen LogP contribution in [0.15, 0.2) is 34.2 Å². The van der Waals surface area contributed by atoms with E-state index in [0.29, 0.717) is 23.4 Å². The molecule has 0 aliphatic heterocycles. The van der Waals surface area contributed by atoms with Gasteiger partial charge in [0.15, 0.2) is 5.96 Å². The second kappa shape index (κ2) is 8.19. The third-order valence-corrected chi connectivity index (χ3v) is 6.31. The highest BCUT2D eigenvalue weighted by Crippen LogP contribution is 2.22. The molecule has 2 saturated carbocycles. The maximum Gasteiger partial charge on any atom is 0.240 e. The molecule has 3 rings (SSSR count). The van der Waals surface area contributed by atoms with E-state index in [2.05, 4.69) is 15.0 Å². The maximum atomic E-state index is 12.1. The fourth-order valence-electron chi connectivity index (χ4n) is 3.12. The number of sulfonamides is 1. The Morgan fingerprint density at radius 2 is 1.64 bits per heavy atom. The van der Waals surface area contributed by atoms with Crippen molar-refractivity contribution >= 4 is 16.0 Å². The van der Waals surface area contributed by atoms with Gasteiger partial charge in [-0.1, -0.05) is 37.8 Å². The molecule has 0 atom stereocenters. The van der Waals surface area contributed by atoms with Crippen LogP contribution in [0.5, 0.6) is 0 Å². The molecular formula is C18H28N4O2S. The van der Waals surface area contributed by atoms with Crippen molar-refractivity contribution in [2.75, 3.05) is 0 Å². The standard InChI is InChI=1S/C18H28N4O2S/c19-18(21-15-5-3-1-2-4-6-15)20-13-14-7-11-17(12-8-14)25(23,24)22-16-9-10-16/h7-8,11-12,15-16,22H,1-6,9-10,13H2,(H3,19,20,21). The van der Waals surface area contributed by atoms with Gasteiger partial charge in [-0.15, -0.1) is 0 Å². The van der Waals surface area contributed by atoms with E-state index in [1.165, 1.54) is 25.7 Å². The SMILES string of the molecule is NC(=NCc1ccc(S(=O)(=O)NC2CC2)cc1)NC1CCCCCC1. The number of nitrogens with one attached hydrogen (secondary N) is 2. The van der Waals surface area contributed by atoms with Crippen molar-refractivity contribution in [2.24, 2.45) is 10.7 Å². The van der Waals surface area contributed by atoms with Crippen LogP contribution in [0.25, 0.3) is 0 Å². The quantitative estimate of drug-likeness (QED) is 0.410. The highest BCUT2D eigenvalue weighted by Gasteiger charge is 2.27. The van der Waals surface area contributed by atoms with Gasteiger partial charge in [0.25, 0.3) is 0 Å². The first kappa shape index (κ1) is 18.2. The Morgan fingerprint density at radius 1 is 1.00 bits per heavy atom. The van der Waals surface area contributed by atoms with Crippen molar-refractivity contribution in [3.63, 3.8) is 0 Å². The molecule has 2 aliphatic carbocycles. The molecule has 0 bridgehead atoms. The largest absolute Gasteiger partial charge is 0.370 e. The lowest BCUT2D eigenvalue weighted by atomic mass is 10.1. The van der Waals surface area contributed by atoms with Crippen LogP contribution in [0.1, 0.15) is 56.9 Å². The molecule has 0 saturated heterocycles. The third kappa shape index (κ3) is 5.71. The smallest absolute Gasteiger partial charge is 0.240 e. The molecule has 1 aromatic carbocycles. The van der Waals surface area contributed by atoms with Crippen LogP contribution in [0.4, 0.5) is 0 Å². The number of hydrogen-bond donors (Lipinski definition) is 3. The molecular weight excluding hydrogens is 336 g/mol. The molecule has 0 unspecified atom stereocenters. The number of rotatable bonds is 6. The number of aliphatic imine (C=N–C) groups is 1.